The quantitative estimate of drug-likeness (QED) is 0.233. The summed E-state index contributed by atoms with van der Waals surface area (Å²) in [7, 11) is 5.90. The average Bonchev–Trinajstić information content (AvgIpc) is 3.92. The van der Waals surface area contributed by atoms with Gasteiger partial charge in [0.15, 0.2) is 0 Å². The van der Waals surface area contributed by atoms with Gasteiger partial charge < -0.3 is 0 Å². The molecular weight excluding hydrogens is 594 g/mol. The van der Waals surface area contributed by atoms with Crippen molar-refractivity contribution in [3.63, 3.8) is 0 Å². The van der Waals surface area contributed by atoms with E-state index in [1.807, 2.05) is 0 Å². The summed E-state index contributed by atoms with van der Waals surface area (Å²) in [5, 5.41) is -0.0893. The van der Waals surface area contributed by atoms with Crippen molar-refractivity contribution in [3.8, 4) is 0 Å². The molecule has 1 spiro atoms. The standard InChI is InChI=1S/C27H31N2P2.C8H13Si.Fe/c30-17-26(20-13-18-12-19(15-20)16-21(26)14-18)22-6-5-7-23(22)27(31,24-8-1-3-10-28-24)25-9-2-4-11-29-25;1-9(2,3)8-6-4-5-7-8;/h1-11,18-21H,12-17,30-31H2;4-7H,1-3H3;. The minimum atomic E-state index is -4.26. The molecule has 216 valence electrons. The predicted octanol–water partition coefficient (Wildman–Crippen LogP) is 9.29. The topological polar surface area (TPSA) is 25.8 Å². The fourth-order valence-electron chi connectivity index (χ4n) is 28.3. The van der Waals surface area contributed by atoms with E-state index >= 15 is 0 Å². The summed E-state index contributed by atoms with van der Waals surface area (Å²) in [6, 6.07) is 13.8. The Morgan fingerprint density at radius 3 is 1.76 bits per heavy atom. The second-order valence-corrected chi connectivity index (χ2v) is 50.8. The molecule has 0 amide bonds. The molecule has 14 fully saturated rings. The number of fused-ring (bicyclic) bond motifs is 11. The van der Waals surface area contributed by atoms with Crippen LogP contribution in [0.2, 0.25) is 65.9 Å². The van der Waals surface area contributed by atoms with Gasteiger partial charge in [-0.1, -0.05) is 0 Å². The van der Waals surface area contributed by atoms with Crippen molar-refractivity contribution in [2.45, 2.75) is 103 Å². The summed E-state index contributed by atoms with van der Waals surface area (Å²) in [4.78, 5) is 19.5. The van der Waals surface area contributed by atoms with E-state index in [4.69, 9.17) is 9.97 Å². The Morgan fingerprint density at radius 2 is 1.37 bits per heavy atom. The third kappa shape index (κ3) is 0.526. The molecule has 2 nitrogen and oxygen atoms in total. The van der Waals surface area contributed by atoms with Crippen molar-refractivity contribution in [2.24, 2.45) is 29.1 Å². The molecule has 11 atom stereocenters. The van der Waals surface area contributed by atoms with Gasteiger partial charge in [-0.15, -0.1) is 0 Å². The van der Waals surface area contributed by atoms with Crippen molar-refractivity contribution in [2.75, 3.05) is 6.16 Å². The third-order valence-corrected chi connectivity index (χ3v) is 79.3. The fraction of sp³-hybridized carbons (Fsp3) is 0.714. The summed E-state index contributed by atoms with van der Waals surface area (Å²) < 4.78 is 2.19. The molecule has 2 aromatic rings. The molecule has 4 aliphatic carbocycles. The zero-order valence-corrected chi connectivity index (χ0v) is 29.0. The van der Waals surface area contributed by atoms with E-state index < -0.39 is 14.6 Å². The Balaban J connectivity index is 1.16. The summed E-state index contributed by atoms with van der Waals surface area (Å²) in [6.45, 7) is 4.42. The molecule has 0 radical (unpaired) electrons. The molecule has 4 bridgehead atoms. The summed E-state index contributed by atoms with van der Waals surface area (Å²) in [5.41, 5.74) is 3.38. The summed E-state index contributed by atoms with van der Waals surface area (Å²) in [5.74, 6) is 4.16. The Labute approximate surface area is 240 Å². The molecule has 2 aromatic heterocycles. The van der Waals surface area contributed by atoms with Crippen molar-refractivity contribution >= 4 is 26.6 Å². The first-order valence-corrected chi connectivity index (χ1v) is 28.0. The van der Waals surface area contributed by atoms with Crippen molar-refractivity contribution in [1.29, 1.82) is 0 Å². The molecule has 11 unspecified atom stereocenters. The first kappa shape index (κ1) is 21.6. The van der Waals surface area contributed by atoms with Gasteiger partial charge in [-0.25, -0.2) is 0 Å². The van der Waals surface area contributed by atoms with Gasteiger partial charge in [-0.3, -0.25) is 0 Å². The molecule has 6 heteroatoms. The fourth-order valence-corrected chi connectivity index (χ4v) is 140. The van der Waals surface area contributed by atoms with Gasteiger partial charge in [0.1, 0.15) is 0 Å². The molecule has 16 rings (SSSR count). The molecule has 12 heterocycles. The third-order valence-electron chi connectivity index (χ3n) is 24.4. The van der Waals surface area contributed by atoms with Crippen LogP contribution in [-0.2, 0) is 11.7 Å². The number of aromatic nitrogens is 2. The zero-order chi connectivity index (χ0) is 27.1. The van der Waals surface area contributed by atoms with Crippen molar-refractivity contribution in [1.82, 2.24) is 9.97 Å². The number of rotatable bonds is 6. The Bertz CT molecular complexity index is 2130. The van der Waals surface area contributed by atoms with Crippen LogP contribution in [0, 0.1) is 29.1 Å². The Hall–Kier alpha value is -0.104. The van der Waals surface area contributed by atoms with E-state index in [0.717, 1.165) is 36.7 Å². The molecule has 0 N–H and O–H groups in total. The van der Waals surface area contributed by atoms with E-state index in [1.54, 1.807) is 32.1 Å². The van der Waals surface area contributed by atoms with Crippen LogP contribution >= 0.6 is 18.5 Å². The van der Waals surface area contributed by atoms with Crippen LogP contribution in [0.1, 0.15) is 43.5 Å². The van der Waals surface area contributed by atoms with Crippen LogP contribution < -0.4 is 0 Å². The van der Waals surface area contributed by atoms with Crippen LogP contribution in [0.25, 0.3) is 0 Å². The van der Waals surface area contributed by atoms with Crippen LogP contribution in [0.3, 0.4) is 0 Å². The Kier molecular flexibility index (Phi) is 1.72. The zero-order valence-electron chi connectivity index (χ0n) is 24.6. The van der Waals surface area contributed by atoms with Crippen LogP contribution in [-0.4, -0.2) is 24.2 Å². The average molecular weight is 639 g/mol. The van der Waals surface area contributed by atoms with Gasteiger partial charge in [0.25, 0.3) is 0 Å². The van der Waals surface area contributed by atoms with E-state index in [9.17, 15) is 0 Å². The first-order chi connectivity index (χ1) is 19.5. The molecular formula is C35H44FeN2P2Si. The number of hydrogen-bond donors (Lipinski definition) is 0. The molecule has 10 saturated heterocycles. The normalized spacial score (nSPS) is 76.0. The molecule has 10 aliphatic heterocycles. The van der Waals surface area contributed by atoms with Gasteiger partial charge in [0, 0.05) is 0 Å². The van der Waals surface area contributed by atoms with Gasteiger partial charge in [-0.05, 0) is 0 Å². The summed E-state index contributed by atoms with van der Waals surface area (Å²) in [6.07, 6.45) is 13.6. The van der Waals surface area contributed by atoms with Gasteiger partial charge >= 0.3 is 242 Å². The minimum absolute atomic E-state index is 0.0893. The second-order valence-electron chi connectivity index (χ2n) is 20.9. The molecule has 4 saturated carbocycles. The number of pyridine rings is 2. The molecule has 0 aromatic carbocycles. The van der Waals surface area contributed by atoms with Gasteiger partial charge in [0.05, 0.1) is 0 Å². The van der Waals surface area contributed by atoms with E-state index in [1.165, 1.54) is 46.4 Å². The number of hydrogen-bond acceptors (Lipinski definition) is 2. The van der Waals surface area contributed by atoms with Crippen LogP contribution in [0.15, 0.2) is 48.8 Å². The molecule has 14 aliphatic rings. The first-order valence-electron chi connectivity index (χ1n) is 17.0. The van der Waals surface area contributed by atoms with Gasteiger partial charge in [0.2, 0.25) is 0 Å². The summed E-state index contributed by atoms with van der Waals surface area (Å²) >= 11 is 0. The van der Waals surface area contributed by atoms with Crippen molar-refractivity contribution < 1.29 is 6.51 Å². The SMILES string of the molecule is C[Si](C)(C)[C]12[CH]3[CH]4[CH]5[CH]1[Fe]45321678[CH]2[CH]1[C]6(C(P)(c1ccccn1)c1ccccn1)[C]7(C1(CP)C3CC4CC(C3)CC1C4)[CH]28. The maximum atomic E-state index is 5.39. The second kappa shape index (κ2) is 3.27. The molecule has 41 heavy (non-hydrogen) atoms. The van der Waals surface area contributed by atoms with E-state index in [0.29, 0.717) is 9.73 Å². The monoisotopic (exact) mass is 638 g/mol. The Morgan fingerprint density at radius 1 is 0.805 bits per heavy atom. The van der Waals surface area contributed by atoms with Crippen LogP contribution in [0.4, 0.5) is 0 Å². The van der Waals surface area contributed by atoms with E-state index in [2.05, 4.69) is 86.9 Å². The predicted molar refractivity (Wildman–Crippen MR) is 171 cm³/mol. The van der Waals surface area contributed by atoms with Crippen LogP contribution in [0.5, 0.6) is 0 Å². The van der Waals surface area contributed by atoms with Crippen molar-refractivity contribution in [3.05, 3.63) is 60.2 Å². The van der Waals surface area contributed by atoms with E-state index in [-0.39, 0.29) is 5.16 Å². The number of nitrogens with zero attached hydrogens (tertiary/aromatic N) is 2. The maximum absolute atomic E-state index is 5.39. The van der Waals surface area contributed by atoms with Gasteiger partial charge in [-0.2, -0.15) is 0 Å².